The van der Waals surface area contributed by atoms with Crippen molar-refractivity contribution >= 4 is 5.78 Å². The van der Waals surface area contributed by atoms with E-state index >= 15 is 0 Å². The first-order valence-corrected chi connectivity index (χ1v) is 6.75. The summed E-state index contributed by atoms with van der Waals surface area (Å²) >= 11 is 0. The first-order chi connectivity index (χ1) is 8.74. The third kappa shape index (κ3) is 2.15. The van der Waals surface area contributed by atoms with E-state index in [1.54, 1.807) is 0 Å². The molecule has 1 N–H and O–H groups in total. The average Bonchev–Trinajstić information content (AvgIpc) is 2.75. The molecule has 18 heavy (non-hydrogen) atoms. The summed E-state index contributed by atoms with van der Waals surface area (Å²) in [5.74, 6) is 1.03. The van der Waals surface area contributed by atoms with Crippen LogP contribution in [0.3, 0.4) is 0 Å². The molecule has 1 aromatic rings. The maximum atomic E-state index is 11.7. The number of aryl methyl sites for hydroxylation is 1. The van der Waals surface area contributed by atoms with Crippen LogP contribution < -0.4 is 4.74 Å². The van der Waals surface area contributed by atoms with E-state index < -0.39 is 0 Å². The van der Waals surface area contributed by atoms with Gasteiger partial charge in [-0.3, -0.25) is 4.79 Å². The predicted molar refractivity (Wildman–Crippen MR) is 68.0 cm³/mol. The van der Waals surface area contributed by atoms with Crippen LogP contribution in [0.2, 0.25) is 0 Å². The molecule has 0 aromatic heterocycles. The summed E-state index contributed by atoms with van der Waals surface area (Å²) in [4.78, 5) is 11.7. The lowest BCUT2D eigenvalue weighted by atomic mass is 9.90. The van der Waals surface area contributed by atoms with E-state index in [1.807, 2.05) is 18.2 Å². The normalized spacial score (nSPS) is 27.1. The highest BCUT2D eigenvalue weighted by Gasteiger charge is 2.27. The van der Waals surface area contributed by atoms with Crippen LogP contribution in [0.1, 0.15) is 48.0 Å². The van der Waals surface area contributed by atoms with Crippen molar-refractivity contribution in [1.82, 2.24) is 0 Å². The zero-order valence-electron chi connectivity index (χ0n) is 10.4. The Labute approximate surface area is 107 Å². The van der Waals surface area contributed by atoms with Crippen LogP contribution in [0.15, 0.2) is 18.2 Å². The Morgan fingerprint density at radius 1 is 1.17 bits per heavy atom. The van der Waals surface area contributed by atoms with Gasteiger partial charge in [-0.2, -0.15) is 0 Å². The van der Waals surface area contributed by atoms with Crippen LogP contribution in [0.5, 0.6) is 5.75 Å². The van der Waals surface area contributed by atoms with E-state index in [0.29, 0.717) is 6.42 Å². The third-order valence-corrected chi connectivity index (χ3v) is 3.93. The topological polar surface area (TPSA) is 46.5 Å². The molecule has 1 aromatic carbocycles. The number of Topliss-reactive ketones (excluding diaryl/α,β-unsaturated/α-hetero) is 1. The predicted octanol–water partition coefficient (Wildman–Crippen LogP) is 2.50. The smallest absolute Gasteiger partial charge is 0.163 e. The number of carbonyl (C=O) groups is 1. The zero-order valence-corrected chi connectivity index (χ0v) is 10.4. The molecule has 3 rings (SSSR count). The number of aliphatic hydroxyl groups is 1. The molecular formula is C15H18O3. The summed E-state index contributed by atoms with van der Waals surface area (Å²) in [7, 11) is 0. The van der Waals surface area contributed by atoms with Crippen LogP contribution in [0, 0.1) is 0 Å². The number of carbonyl (C=O) groups excluding carboxylic acids is 1. The largest absolute Gasteiger partial charge is 0.488 e. The molecule has 1 fully saturated rings. The van der Waals surface area contributed by atoms with Gasteiger partial charge in [0.1, 0.15) is 11.9 Å². The highest BCUT2D eigenvalue weighted by molar-refractivity contribution is 5.98. The highest BCUT2D eigenvalue weighted by atomic mass is 16.5. The molecule has 2 atom stereocenters. The van der Waals surface area contributed by atoms with E-state index in [2.05, 4.69) is 0 Å². The van der Waals surface area contributed by atoms with Gasteiger partial charge in [0.05, 0.1) is 6.10 Å². The van der Waals surface area contributed by atoms with Crippen molar-refractivity contribution in [2.45, 2.75) is 50.7 Å². The van der Waals surface area contributed by atoms with E-state index in [9.17, 15) is 9.90 Å². The minimum atomic E-state index is -0.345. The van der Waals surface area contributed by atoms with Crippen LogP contribution in [0.25, 0.3) is 0 Å². The van der Waals surface area contributed by atoms with Gasteiger partial charge in [0.25, 0.3) is 0 Å². The first kappa shape index (κ1) is 11.7. The van der Waals surface area contributed by atoms with Gasteiger partial charge < -0.3 is 9.84 Å². The number of benzene rings is 1. The number of hydrogen-bond donors (Lipinski definition) is 1. The van der Waals surface area contributed by atoms with Gasteiger partial charge in [0, 0.05) is 12.0 Å². The summed E-state index contributed by atoms with van der Waals surface area (Å²) < 4.78 is 5.83. The van der Waals surface area contributed by atoms with Crippen molar-refractivity contribution in [3.63, 3.8) is 0 Å². The van der Waals surface area contributed by atoms with Crippen LogP contribution in [0.4, 0.5) is 0 Å². The molecule has 2 aliphatic carbocycles. The maximum Gasteiger partial charge on any atom is 0.163 e. The maximum absolute atomic E-state index is 11.7. The van der Waals surface area contributed by atoms with E-state index in [0.717, 1.165) is 49.0 Å². The molecule has 0 spiro atoms. The summed E-state index contributed by atoms with van der Waals surface area (Å²) in [6.07, 6.45) is 4.88. The quantitative estimate of drug-likeness (QED) is 0.872. The molecule has 0 aliphatic heterocycles. The van der Waals surface area contributed by atoms with E-state index in [4.69, 9.17) is 4.74 Å². The SMILES string of the molecule is O=C1CCCc2cc(OC3CCCC3O)ccc21. The molecule has 3 nitrogen and oxygen atoms in total. The number of fused-ring (bicyclic) bond motifs is 1. The van der Waals surface area contributed by atoms with Crippen molar-refractivity contribution in [1.29, 1.82) is 0 Å². The molecule has 96 valence electrons. The molecule has 3 heteroatoms. The van der Waals surface area contributed by atoms with Crippen molar-refractivity contribution in [3.05, 3.63) is 29.3 Å². The van der Waals surface area contributed by atoms with Crippen molar-refractivity contribution in [2.75, 3.05) is 0 Å². The fourth-order valence-electron chi connectivity index (χ4n) is 2.92. The van der Waals surface area contributed by atoms with Gasteiger partial charge in [-0.25, -0.2) is 0 Å². The zero-order chi connectivity index (χ0) is 12.5. The Kier molecular flexibility index (Phi) is 3.08. The van der Waals surface area contributed by atoms with E-state index in [1.165, 1.54) is 0 Å². The van der Waals surface area contributed by atoms with Gasteiger partial charge >= 0.3 is 0 Å². The standard InChI is InChI=1S/C15H18O3/c16-13-4-1-3-10-9-11(7-8-12(10)13)18-15-6-2-5-14(15)17/h7-9,14-15,17H,1-6H2. The number of aliphatic hydroxyl groups excluding tert-OH is 1. The molecule has 0 saturated heterocycles. The van der Waals surface area contributed by atoms with Gasteiger partial charge in [-0.15, -0.1) is 0 Å². The first-order valence-electron chi connectivity index (χ1n) is 6.75. The Morgan fingerprint density at radius 3 is 2.83 bits per heavy atom. The van der Waals surface area contributed by atoms with E-state index in [-0.39, 0.29) is 18.0 Å². The monoisotopic (exact) mass is 246 g/mol. The molecule has 2 unspecified atom stereocenters. The average molecular weight is 246 g/mol. The highest BCUT2D eigenvalue weighted by Crippen LogP contribution is 2.29. The molecule has 0 radical (unpaired) electrons. The summed E-state index contributed by atoms with van der Waals surface area (Å²) in [5.41, 5.74) is 1.94. The Morgan fingerprint density at radius 2 is 2.06 bits per heavy atom. The van der Waals surface area contributed by atoms with Crippen molar-refractivity contribution < 1.29 is 14.6 Å². The minimum Gasteiger partial charge on any atom is -0.488 e. The third-order valence-electron chi connectivity index (χ3n) is 3.93. The van der Waals surface area contributed by atoms with Crippen molar-refractivity contribution in [3.8, 4) is 5.75 Å². The summed E-state index contributed by atoms with van der Waals surface area (Å²) in [6.45, 7) is 0. The second-order valence-corrected chi connectivity index (χ2v) is 5.25. The number of ether oxygens (including phenoxy) is 1. The van der Waals surface area contributed by atoms with Crippen molar-refractivity contribution in [2.24, 2.45) is 0 Å². The van der Waals surface area contributed by atoms with Gasteiger partial charge in [-0.05, 0) is 55.9 Å². The molecular weight excluding hydrogens is 228 g/mol. The summed E-state index contributed by atoms with van der Waals surface area (Å²) in [5, 5.41) is 9.75. The molecule has 0 amide bonds. The molecule has 0 heterocycles. The molecule has 0 bridgehead atoms. The van der Waals surface area contributed by atoms with Crippen LogP contribution in [-0.2, 0) is 6.42 Å². The van der Waals surface area contributed by atoms with Gasteiger partial charge in [-0.1, -0.05) is 0 Å². The summed E-state index contributed by atoms with van der Waals surface area (Å²) in [6, 6.07) is 5.69. The number of rotatable bonds is 2. The lowest BCUT2D eigenvalue weighted by molar-refractivity contribution is 0.0603. The fraction of sp³-hybridized carbons (Fsp3) is 0.533. The molecule has 1 saturated carbocycles. The second kappa shape index (κ2) is 4.73. The Balaban J connectivity index is 1.79. The number of hydrogen-bond acceptors (Lipinski definition) is 3. The lowest BCUT2D eigenvalue weighted by Gasteiger charge is -2.20. The second-order valence-electron chi connectivity index (χ2n) is 5.25. The number of ketones is 1. The van der Waals surface area contributed by atoms with Crippen LogP contribution in [-0.4, -0.2) is 23.1 Å². The van der Waals surface area contributed by atoms with Gasteiger partial charge in [0.2, 0.25) is 0 Å². The van der Waals surface area contributed by atoms with Crippen LogP contribution >= 0.6 is 0 Å². The molecule has 2 aliphatic rings. The minimum absolute atomic E-state index is 0.0812. The Bertz CT molecular complexity index is 467. The fourth-order valence-corrected chi connectivity index (χ4v) is 2.92. The Hall–Kier alpha value is -1.35. The lowest BCUT2D eigenvalue weighted by Crippen LogP contribution is -2.25. The van der Waals surface area contributed by atoms with Gasteiger partial charge in [0.15, 0.2) is 5.78 Å².